The van der Waals surface area contributed by atoms with Gasteiger partial charge in [0.05, 0.1) is 22.1 Å². The van der Waals surface area contributed by atoms with Crippen molar-refractivity contribution in [3.63, 3.8) is 0 Å². The van der Waals surface area contributed by atoms with E-state index in [2.05, 4.69) is 0 Å². The maximum atomic E-state index is 14.4. The third-order valence-electron chi connectivity index (χ3n) is 3.41. The van der Waals surface area contributed by atoms with Crippen molar-refractivity contribution in [2.24, 2.45) is 0 Å². The largest absolute Gasteiger partial charge is 0.454 e. The molecule has 0 radical (unpaired) electrons. The summed E-state index contributed by atoms with van der Waals surface area (Å²) < 4.78 is 83.0. The van der Waals surface area contributed by atoms with Crippen LogP contribution in [-0.4, -0.2) is 19.5 Å². The van der Waals surface area contributed by atoms with Crippen molar-refractivity contribution >= 4 is 15.6 Å². The molecule has 0 aliphatic carbocycles. The van der Waals surface area contributed by atoms with Gasteiger partial charge in [-0.05, 0) is 24.3 Å². The lowest BCUT2D eigenvalue weighted by atomic mass is 10.1. The summed E-state index contributed by atoms with van der Waals surface area (Å²) in [6.07, 6.45) is 0. The molecule has 3 rings (SSSR count). The third kappa shape index (κ3) is 2.35. The van der Waals surface area contributed by atoms with Crippen LogP contribution in [0.5, 0.6) is 11.5 Å². The number of halogens is 4. The van der Waals surface area contributed by atoms with E-state index in [1.165, 1.54) is 0 Å². The topological polar surface area (TPSA) is 84.2 Å². The molecule has 0 bridgehead atoms. The van der Waals surface area contributed by atoms with Gasteiger partial charge in [0.1, 0.15) is 11.6 Å². The average molecular weight is 371 g/mol. The molecule has 0 N–H and O–H groups in total. The molecule has 2 aromatic carbocycles. The van der Waals surface area contributed by atoms with E-state index in [4.69, 9.17) is 10.00 Å². The Labute approximate surface area is 138 Å². The number of ketones is 1. The fourth-order valence-corrected chi connectivity index (χ4v) is 3.59. The van der Waals surface area contributed by atoms with Gasteiger partial charge in [-0.1, -0.05) is 0 Å². The number of ether oxygens (including phenoxy) is 1. The molecule has 0 fully saturated rings. The number of rotatable bonds is 2. The molecule has 10 heteroatoms. The number of Topliss-reactive ketones (excluding diaryl/α,β-unsaturated/α-hetero) is 1. The highest BCUT2D eigenvalue weighted by Crippen LogP contribution is 2.44. The smallest absolute Gasteiger partial charge is 0.411 e. The second-order valence-corrected chi connectivity index (χ2v) is 6.95. The minimum atomic E-state index is -5.34. The van der Waals surface area contributed by atoms with E-state index in [0.29, 0.717) is 6.07 Å². The Hall–Kier alpha value is -2.93. The van der Waals surface area contributed by atoms with E-state index < -0.39 is 48.7 Å². The molecule has 128 valence electrons. The van der Waals surface area contributed by atoms with Crippen LogP contribution in [0.3, 0.4) is 0 Å². The van der Waals surface area contributed by atoms with E-state index in [9.17, 15) is 30.8 Å². The van der Waals surface area contributed by atoms with Crippen LogP contribution in [0.25, 0.3) is 0 Å². The number of carbonyl (C=O) groups excluding carboxylic acids is 1. The van der Waals surface area contributed by atoms with Crippen LogP contribution in [0, 0.1) is 23.0 Å². The standard InChI is InChI=1S/C15H5F4NO4S/c16-8-3-7(6-20)4-9(5-8)24-10-1-2-11-12(13(10)17)14(21)15(18,19)25(11,22)23/h1-5H. The van der Waals surface area contributed by atoms with E-state index in [1.807, 2.05) is 0 Å². The van der Waals surface area contributed by atoms with Crippen molar-refractivity contribution in [1.29, 1.82) is 5.26 Å². The zero-order valence-corrected chi connectivity index (χ0v) is 12.7. The molecule has 0 aromatic heterocycles. The van der Waals surface area contributed by atoms with E-state index >= 15 is 0 Å². The number of benzene rings is 2. The Morgan fingerprint density at radius 3 is 2.44 bits per heavy atom. The molecule has 0 saturated carbocycles. The Morgan fingerprint density at radius 1 is 1.12 bits per heavy atom. The van der Waals surface area contributed by atoms with Crippen LogP contribution in [0.2, 0.25) is 0 Å². The van der Waals surface area contributed by atoms with Crippen molar-refractivity contribution in [2.45, 2.75) is 10.2 Å². The highest BCUT2D eigenvalue weighted by molar-refractivity contribution is 7.94. The second kappa shape index (κ2) is 5.29. The lowest BCUT2D eigenvalue weighted by Crippen LogP contribution is -2.30. The zero-order chi connectivity index (χ0) is 18.6. The Morgan fingerprint density at radius 2 is 1.80 bits per heavy atom. The van der Waals surface area contributed by atoms with Crippen molar-refractivity contribution in [2.75, 3.05) is 0 Å². The number of carbonyl (C=O) groups is 1. The number of nitrogens with zero attached hydrogens (tertiary/aromatic N) is 1. The SMILES string of the molecule is N#Cc1cc(F)cc(Oc2ccc3c(c2F)C(=O)C(F)(F)S3(=O)=O)c1. The molecule has 0 saturated heterocycles. The fraction of sp³-hybridized carbons (Fsp3) is 0.0667. The van der Waals surface area contributed by atoms with Crippen molar-refractivity contribution < 1.29 is 35.5 Å². The van der Waals surface area contributed by atoms with Gasteiger partial charge in [-0.15, -0.1) is 0 Å². The number of nitriles is 1. The molecule has 2 aromatic rings. The van der Waals surface area contributed by atoms with Gasteiger partial charge in [-0.3, -0.25) is 4.79 Å². The van der Waals surface area contributed by atoms with Crippen LogP contribution in [-0.2, 0) is 9.84 Å². The number of hydrogen-bond donors (Lipinski definition) is 0. The first kappa shape index (κ1) is 16.9. The molecule has 0 amide bonds. The summed E-state index contributed by atoms with van der Waals surface area (Å²) >= 11 is 0. The normalized spacial score (nSPS) is 17.0. The van der Waals surface area contributed by atoms with Gasteiger partial charge in [0.25, 0.3) is 15.6 Å². The molecular weight excluding hydrogens is 366 g/mol. The predicted octanol–water partition coefficient (Wildman–Crippen LogP) is 3.19. The average Bonchev–Trinajstić information content (AvgIpc) is 2.67. The van der Waals surface area contributed by atoms with Gasteiger partial charge < -0.3 is 4.74 Å². The maximum absolute atomic E-state index is 14.4. The lowest BCUT2D eigenvalue weighted by Gasteiger charge is -2.09. The monoisotopic (exact) mass is 371 g/mol. The molecule has 0 atom stereocenters. The first-order valence-electron chi connectivity index (χ1n) is 6.48. The summed E-state index contributed by atoms with van der Waals surface area (Å²) in [6, 6.07) is 5.67. The predicted molar refractivity (Wildman–Crippen MR) is 74.1 cm³/mol. The number of fused-ring (bicyclic) bond motifs is 1. The summed E-state index contributed by atoms with van der Waals surface area (Å²) in [5.74, 6) is -5.81. The van der Waals surface area contributed by atoms with Crippen molar-refractivity contribution in [3.05, 3.63) is 53.1 Å². The molecule has 25 heavy (non-hydrogen) atoms. The van der Waals surface area contributed by atoms with E-state index in [-0.39, 0.29) is 11.3 Å². The highest BCUT2D eigenvalue weighted by atomic mass is 32.2. The van der Waals surface area contributed by atoms with Gasteiger partial charge in [0, 0.05) is 6.07 Å². The van der Waals surface area contributed by atoms with Gasteiger partial charge in [0.15, 0.2) is 11.6 Å². The number of alkyl halides is 2. The van der Waals surface area contributed by atoms with Crippen LogP contribution < -0.4 is 4.74 Å². The van der Waals surface area contributed by atoms with E-state index in [0.717, 1.165) is 24.3 Å². The van der Waals surface area contributed by atoms with Gasteiger partial charge in [-0.25, -0.2) is 17.2 Å². The van der Waals surface area contributed by atoms with Crippen LogP contribution in [0.15, 0.2) is 35.2 Å². The Bertz CT molecular complexity index is 1070. The summed E-state index contributed by atoms with van der Waals surface area (Å²) in [5.41, 5.74) is -1.47. The maximum Gasteiger partial charge on any atom is 0.411 e. The third-order valence-corrected chi connectivity index (χ3v) is 5.19. The second-order valence-electron chi connectivity index (χ2n) is 4.99. The van der Waals surface area contributed by atoms with Crippen molar-refractivity contribution in [3.8, 4) is 17.6 Å². The quantitative estimate of drug-likeness (QED) is 0.757. The number of sulfone groups is 1. The van der Waals surface area contributed by atoms with Crippen LogP contribution >= 0.6 is 0 Å². The summed E-state index contributed by atoms with van der Waals surface area (Å²) in [6.45, 7) is 0. The summed E-state index contributed by atoms with van der Waals surface area (Å²) in [5, 5.41) is 3.97. The number of hydrogen-bond acceptors (Lipinski definition) is 5. The highest BCUT2D eigenvalue weighted by Gasteiger charge is 2.62. The molecular formula is C15H5F4NO4S. The minimum Gasteiger partial charge on any atom is -0.454 e. The van der Waals surface area contributed by atoms with E-state index in [1.54, 1.807) is 6.07 Å². The fourth-order valence-electron chi connectivity index (χ4n) is 2.27. The molecule has 0 spiro atoms. The molecule has 1 aliphatic rings. The summed E-state index contributed by atoms with van der Waals surface area (Å²) in [7, 11) is -5.34. The van der Waals surface area contributed by atoms with Gasteiger partial charge in [0.2, 0.25) is 0 Å². The van der Waals surface area contributed by atoms with Gasteiger partial charge >= 0.3 is 5.25 Å². The lowest BCUT2D eigenvalue weighted by molar-refractivity contribution is 0.0545. The first-order valence-corrected chi connectivity index (χ1v) is 7.96. The van der Waals surface area contributed by atoms with Crippen LogP contribution in [0.4, 0.5) is 17.6 Å². The molecule has 0 unspecified atom stereocenters. The van der Waals surface area contributed by atoms with Gasteiger partial charge in [-0.2, -0.15) is 14.0 Å². The Balaban J connectivity index is 2.12. The first-order chi connectivity index (χ1) is 11.6. The zero-order valence-electron chi connectivity index (χ0n) is 11.9. The summed E-state index contributed by atoms with van der Waals surface area (Å²) in [4.78, 5) is 10.4. The van der Waals surface area contributed by atoms with Crippen molar-refractivity contribution in [1.82, 2.24) is 0 Å². The molecule has 1 heterocycles. The molecule has 1 aliphatic heterocycles. The molecule has 5 nitrogen and oxygen atoms in total. The Kier molecular flexibility index (Phi) is 3.58. The minimum absolute atomic E-state index is 0.151. The van der Waals surface area contributed by atoms with Crippen LogP contribution in [0.1, 0.15) is 15.9 Å².